The number of morpholine rings is 1. The highest BCUT2D eigenvalue weighted by Crippen LogP contribution is 2.33. The van der Waals surface area contributed by atoms with Gasteiger partial charge >= 0.3 is 6.09 Å². The molecular formula is C34H47N5O5. The maximum Gasteiger partial charge on any atom is 0.410 e. The summed E-state index contributed by atoms with van der Waals surface area (Å²) in [4.78, 5) is 43.1. The number of rotatable bonds is 6. The Morgan fingerprint density at radius 3 is 2.52 bits per heavy atom. The van der Waals surface area contributed by atoms with Gasteiger partial charge in [-0.25, -0.2) is 4.79 Å². The molecule has 1 saturated heterocycles. The summed E-state index contributed by atoms with van der Waals surface area (Å²) >= 11 is 0. The summed E-state index contributed by atoms with van der Waals surface area (Å²) in [5, 5.41) is 5.95. The quantitative estimate of drug-likeness (QED) is 0.496. The van der Waals surface area contributed by atoms with E-state index < -0.39 is 5.60 Å². The molecule has 0 aliphatic carbocycles. The molecule has 10 heteroatoms. The van der Waals surface area contributed by atoms with Crippen LogP contribution in [0.1, 0.15) is 81.2 Å². The number of carbonyl (C=O) groups is 3. The van der Waals surface area contributed by atoms with E-state index >= 15 is 0 Å². The van der Waals surface area contributed by atoms with E-state index in [-0.39, 0.29) is 42.3 Å². The van der Waals surface area contributed by atoms with Gasteiger partial charge in [0.15, 0.2) is 0 Å². The smallest absolute Gasteiger partial charge is 0.410 e. The van der Waals surface area contributed by atoms with Crippen LogP contribution in [0.15, 0.2) is 36.2 Å². The molecule has 5 rings (SSSR count). The standard InChI is InChI=1S/C34H47N5O5/c1-21-16-22(2)36-32(41)29(21)19-35-31(40)28-18-27-17-26(25-8-10-38(11-9-25)33(42)44-34(5,6)7)20-39(27)30(23(28)3)24(4)37-12-14-43-15-13-37/h8,16-18,20-21,24,29H,9-15,19H2,1-7H3,(H,35,40)(H,36,41). The highest BCUT2D eigenvalue weighted by molar-refractivity contribution is 5.97. The van der Waals surface area contributed by atoms with Gasteiger partial charge in [-0.05, 0) is 82.7 Å². The molecule has 3 aliphatic heterocycles. The summed E-state index contributed by atoms with van der Waals surface area (Å²) in [5.41, 5.74) is 6.09. The van der Waals surface area contributed by atoms with Crippen LogP contribution in [0.5, 0.6) is 0 Å². The molecule has 1 fully saturated rings. The normalized spacial score (nSPS) is 22.2. The number of nitrogens with one attached hydrogen (secondary N) is 2. The molecule has 0 saturated carbocycles. The molecule has 10 nitrogen and oxygen atoms in total. The molecule has 2 N–H and O–H groups in total. The molecule has 0 bridgehead atoms. The number of hydrogen-bond donors (Lipinski definition) is 2. The van der Waals surface area contributed by atoms with Crippen LogP contribution in [-0.2, 0) is 14.3 Å². The molecule has 5 heterocycles. The summed E-state index contributed by atoms with van der Waals surface area (Å²) in [6.45, 7) is 18.1. The number of ether oxygens (including phenoxy) is 2. The van der Waals surface area contributed by atoms with E-state index in [2.05, 4.69) is 45.2 Å². The average molecular weight is 606 g/mol. The van der Waals surface area contributed by atoms with Crippen molar-refractivity contribution in [3.63, 3.8) is 0 Å². The van der Waals surface area contributed by atoms with Crippen molar-refractivity contribution in [2.45, 2.75) is 66.5 Å². The number of hydrogen-bond acceptors (Lipinski definition) is 6. The van der Waals surface area contributed by atoms with Gasteiger partial charge in [0.2, 0.25) is 5.91 Å². The molecule has 0 aromatic carbocycles. The summed E-state index contributed by atoms with van der Waals surface area (Å²) < 4.78 is 13.4. The first-order valence-electron chi connectivity index (χ1n) is 15.7. The lowest BCUT2D eigenvalue weighted by Gasteiger charge is -2.34. The van der Waals surface area contributed by atoms with Crippen molar-refractivity contribution in [1.29, 1.82) is 0 Å². The van der Waals surface area contributed by atoms with Crippen molar-refractivity contribution in [3.8, 4) is 0 Å². The van der Waals surface area contributed by atoms with E-state index in [1.54, 1.807) is 4.90 Å². The molecule has 3 amide bonds. The predicted octanol–water partition coefficient (Wildman–Crippen LogP) is 4.68. The monoisotopic (exact) mass is 605 g/mol. The van der Waals surface area contributed by atoms with Crippen LogP contribution in [-0.4, -0.2) is 83.6 Å². The van der Waals surface area contributed by atoms with Gasteiger partial charge in [0.25, 0.3) is 5.91 Å². The maximum absolute atomic E-state index is 13.7. The number of amides is 3. The maximum atomic E-state index is 13.7. The minimum Gasteiger partial charge on any atom is -0.444 e. The van der Waals surface area contributed by atoms with Crippen LogP contribution >= 0.6 is 0 Å². The van der Waals surface area contributed by atoms with Crippen molar-refractivity contribution in [1.82, 2.24) is 24.8 Å². The third-order valence-electron chi connectivity index (χ3n) is 8.94. The third kappa shape index (κ3) is 6.86. The zero-order valence-electron chi connectivity index (χ0n) is 27.2. The van der Waals surface area contributed by atoms with E-state index in [9.17, 15) is 14.4 Å². The molecule has 0 spiro atoms. The largest absolute Gasteiger partial charge is 0.444 e. The molecule has 2 aromatic rings. The number of pyridine rings is 1. The Kier molecular flexibility index (Phi) is 9.23. The number of aromatic nitrogens is 1. The van der Waals surface area contributed by atoms with Gasteiger partial charge in [-0.3, -0.25) is 14.5 Å². The van der Waals surface area contributed by atoms with Crippen molar-refractivity contribution in [3.05, 3.63) is 58.6 Å². The van der Waals surface area contributed by atoms with Crippen LogP contribution in [0.4, 0.5) is 4.79 Å². The van der Waals surface area contributed by atoms with Gasteiger partial charge in [0.05, 0.1) is 19.1 Å². The molecule has 2 aromatic heterocycles. The van der Waals surface area contributed by atoms with E-state index in [4.69, 9.17) is 9.47 Å². The van der Waals surface area contributed by atoms with Crippen molar-refractivity contribution >= 4 is 29.0 Å². The zero-order chi connectivity index (χ0) is 31.8. The lowest BCUT2D eigenvalue weighted by molar-refractivity contribution is -0.125. The summed E-state index contributed by atoms with van der Waals surface area (Å²) in [7, 11) is 0. The molecule has 0 radical (unpaired) electrons. The summed E-state index contributed by atoms with van der Waals surface area (Å²) in [5.74, 6) is -0.530. The van der Waals surface area contributed by atoms with E-state index in [0.29, 0.717) is 38.3 Å². The minimum atomic E-state index is -0.534. The fourth-order valence-electron chi connectivity index (χ4n) is 6.52. The Labute approximate surface area is 260 Å². The fourth-order valence-corrected chi connectivity index (χ4v) is 6.52. The first kappa shape index (κ1) is 31.8. The van der Waals surface area contributed by atoms with Crippen molar-refractivity contribution in [2.24, 2.45) is 11.8 Å². The fraction of sp³-hybridized carbons (Fsp3) is 0.559. The molecule has 3 unspecified atom stereocenters. The number of fused-ring (bicyclic) bond motifs is 1. The first-order chi connectivity index (χ1) is 20.8. The van der Waals surface area contributed by atoms with Gasteiger partial charge in [-0.15, -0.1) is 0 Å². The number of allylic oxidation sites excluding steroid dienone is 2. The van der Waals surface area contributed by atoms with Crippen LogP contribution in [0.3, 0.4) is 0 Å². The predicted molar refractivity (Wildman–Crippen MR) is 170 cm³/mol. The highest BCUT2D eigenvalue weighted by Gasteiger charge is 2.30. The molecule has 238 valence electrons. The van der Waals surface area contributed by atoms with Crippen LogP contribution in [0.25, 0.3) is 11.1 Å². The minimum absolute atomic E-state index is 0.0349. The Bertz CT molecular complexity index is 1490. The summed E-state index contributed by atoms with van der Waals surface area (Å²) in [6, 6.07) is 4.13. The Hall–Kier alpha value is -3.63. The second-order valence-electron chi connectivity index (χ2n) is 13.3. The average Bonchev–Trinajstić information content (AvgIpc) is 3.39. The van der Waals surface area contributed by atoms with Gasteiger partial charge < -0.3 is 29.4 Å². The van der Waals surface area contributed by atoms with Gasteiger partial charge in [-0.1, -0.05) is 19.1 Å². The Balaban J connectivity index is 1.45. The van der Waals surface area contributed by atoms with Crippen molar-refractivity contribution < 1.29 is 23.9 Å². The van der Waals surface area contributed by atoms with Gasteiger partial charge in [0.1, 0.15) is 5.60 Å². The molecular weight excluding hydrogens is 558 g/mol. The lowest BCUT2D eigenvalue weighted by atomic mass is 9.89. The second kappa shape index (κ2) is 12.8. The number of nitrogens with zero attached hydrogens (tertiary/aromatic N) is 3. The molecule has 3 atom stereocenters. The van der Waals surface area contributed by atoms with Crippen LogP contribution in [0.2, 0.25) is 0 Å². The molecule has 3 aliphatic rings. The van der Waals surface area contributed by atoms with E-state index in [1.165, 1.54) is 5.57 Å². The van der Waals surface area contributed by atoms with Crippen LogP contribution < -0.4 is 10.6 Å². The summed E-state index contributed by atoms with van der Waals surface area (Å²) in [6.07, 6.45) is 6.71. The molecule has 44 heavy (non-hydrogen) atoms. The van der Waals surface area contributed by atoms with E-state index in [1.807, 2.05) is 53.7 Å². The van der Waals surface area contributed by atoms with E-state index in [0.717, 1.165) is 41.1 Å². The Morgan fingerprint density at radius 1 is 1.16 bits per heavy atom. The first-order valence-corrected chi connectivity index (χ1v) is 15.7. The Morgan fingerprint density at radius 2 is 1.89 bits per heavy atom. The number of carbonyl (C=O) groups excluding carboxylic acids is 3. The topological polar surface area (TPSA) is 105 Å². The zero-order valence-corrected chi connectivity index (χ0v) is 27.2. The van der Waals surface area contributed by atoms with Gasteiger partial charge in [0, 0.05) is 67.4 Å². The van der Waals surface area contributed by atoms with Gasteiger partial charge in [-0.2, -0.15) is 0 Å². The van der Waals surface area contributed by atoms with Crippen molar-refractivity contribution in [2.75, 3.05) is 45.9 Å². The SMILES string of the molecule is CC1=CC(C)C(CNC(=O)c2cc3cc(C4=CCN(C(=O)OC(C)(C)C)CC4)cn3c(C(C)N3CCOCC3)c2C)C(=O)N1. The lowest BCUT2D eigenvalue weighted by Crippen LogP contribution is -2.44. The highest BCUT2D eigenvalue weighted by atomic mass is 16.6. The van der Waals surface area contributed by atoms with Crippen LogP contribution in [0, 0.1) is 18.8 Å². The second-order valence-corrected chi connectivity index (χ2v) is 13.3. The third-order valence-corrected chi connectivity index (χ3v) is 8.94.